The van der Waals surface area contributed by atoms with Crippen LogP contribution in [0.1, 0.15) is 12.8 Å². The highest BCUT2D eigenvalue weighted by Crippen LogP contribution is 2.32. The maximum Gasteiger partial charge on any atom is 0.331 e. The Balaban J connectivity index is 2.18. The van der Waals surface area contributed by atoms with Crippen molar-refractivity contribution in [2.24, 2.45) is 0 Å². The Labute approximate surface area is 104 Å². The average Bonchev–Trinajstić information content (AvgIpc) is 2.83. The first kappa shape index (κ1) is 11.2. The molecule has 2 heterocycles. The van der Waals surface area contributed by atoms with Gasteiger partial charge in [-0.05, 0) is 6.07 Å². The molecule has 1 aromatic carbocycles. The van der Waals surface area contributed by atoms with Crippen LogP contribution in [0.5, 0.6) is 0 Å². The van der Waals surface area contributed by atoms with E-state index in [-0.39, 0.29) is 0 Å². The molecule has 2 aromatic rings. The predicted molar refractivity (Wildman–Crippen MR) is 65.4 cm³/mol. The quantitative estimate of drug-likeness (QED) is 0.874. The Morgan fingerprint density at radius 2 is 2.06 bits per heavy atom. The molecule has 1 aliphatic rings. The molecule has 0 unspecified atom stereocenters. The Morgan fingerprint density at radius 3 is 2.78 bits per heavy atom. The van der Waals surface area contributed by atoms with Gasteiger partial charge in [0.05, 0.1) is 11.7 Å². The Morgan fingerprint density at radius 1 is 1.33 bits per heavy atom. The predicted octanol–water partition coefficient (Wildman–Crippen LogP) is 1.63. The van der Waals surface area contributed by atoms with Gasteiger partial charge in [-0.15, -0.1) is 0 Å². The lowest BCUT2D eigenvalue weighted by Crippen LogP contribution is -2.47. The van der Waals surface area contributed by atoms with E-state index in [1.54, 1.807) is 10.9 Å². The molecule has 0 atom stereocenters. The molecule has 0 spiro atoms. The second-order valence-corrected chi connectivity index (χ2v) is 4.56. The topological polar surface area (TPSA) is 64.3 Å². The van der Waals surface area contributed by atoms with Crippen LogP contribution in [0.25, 0.3) is 10.9 Å². The number of hydrogen-bond donors (Lipinski definition) is 1. The zero-order valence-electron chi connectivity index (χ0n) is 9.87. The summed E-state index contributed by atoms with van der Waals surface area (Å²) in [5.74, 6) is -0.834. The lowest BCUT2D eigenvalue weighted by atomic mass is 9.90. The fourth-order valence-corrected chi connectivity index (χ4v) is 2.54. The third kappa shape index (κ3) is 1.51. The van der Waals surface area contributed by atoms with Crippen molar-refractivity contribution in [2.75, 3.05) is 13.2 Å². The molecular formula is C13H14N2O3. The number of aliphatic carboxylic acids is 1. The zero-order chi connectivity index (χ0) is 12.6. The number of nitrogens with zero attached hydrogens (tertiary/aromatic N) is 2. The van der Waals surface area contributed by atoms with Gasteiger partial charge in [0.1, 0.15) is 0 Å². The summed E-state index contributed by atoms with van der Waals surface area (Å²) in [6.45, 7) is 0.918. The van der Waals surface area contributed by atoms with E-state index in [2.05, 4.69) is 5.10 Å². The van der Waals surface area contributed by atoms with Crippen LogP contribution < -0.4 is 0 Å². The van der Waals surface area contributed by atoms with Crippen molar-refractivity contribution in [1.82, 2.24) is 9.78 Å². The van der Waals surface area contributed by atoms with Gasteiger partial charge in [-0.1, -0.05) is 18.2 Å². The summed E-state index contributed by atoms with van der Waals surface area (Å²) in [5, 5.41) is 14.9. The summed E-state index contributed by atoms with van der Waals surface area (Å²) >= 11 is 0. The van der Waals surface area contributed by atoms with Crippen molar-refractivity contribution in [3.8, 4) is 0 Å². The van der Waals surface area contributed by atoms with Crippen LogP contribution in [0.4, 0.5) is 0 Å². The highest BCUT2D eigenvalue weighted by molar-refractivity contribution is 5.83. The molecular weight excluding hydrogens is 232 g/mol. The average molecular weight is 246 g/mol. The van der Waals surface area contributed by atoms with Gasteiger partial charge in [0, 0.05) is 31.4 Å². The van der Waals surface area contributed by atoms with Crippen molar-refractivity contribution < 1.29 is 14.6 Å². The van der Waals surface area contributed by atoms with Crippen molar-refractivity contribution >= 4 is 16.9 Å². The Hall–Kier alpha value is -1.88. The molecule has 1 N–H and O–H groups in total. The number of benzene rings is 1. The first-order chi connectivity index (χ1) is 8.74. The fourth-order valence-electron chi connectivity index (χ4n) is 2.54. The number of ether oxygens (including phenoxy) is 1. The summed E-state index contributed by atoms with van der Waals surface area (Å²) in [6, 6.07) is 7.66. The van der Waals surface area contributed by atoms with Crippen LogP contribution in [0.3, 0.4) is 0 Å². The van der Waals surface area contributed by atoms with Crippen LogP contribution in [0, 0.1) is 0 Å². The molecule has 94 valence electrons. The molecule has 5 heteroatoms. The van der Waals surface area contributed by atoms with Gasteiger partial charge >= 0.3 is 5.97 Å². The van der Waals surface area contributed by atoms with Gasteiger partial charge in [-0.3, -0.25) is 0 Å². The number of carboxylic acids is 1. The number of hydrogen-bond acceptors (Lipinski definition) is 3. The number of aromatic nitrogens is 2. The molecule has 0 amide bonds. The molecule has 3 rings (SSSR count). The minimum Gasteiger partial charge on any atom is -0.479 e. The first-order valence-corrected chi connectivity index (χ1v) is 5.98. The van der Waals surface area contributed by atoms with Crippen LogP contribution in [-0.4, -0.2) is 34.1 Å². The van der Waals surface area contributed by atoms with E-state index in [1.807, 2.05) is 24.3 Å². The smallest absolute Gasteiger partial charge is 0.331 e. The maximum atomic E-state index is 11.7. The van der Waals surface area contributed by atoms with Crippen molar-refractivity contribution in [2.45, 2.75) is 18.4 Å². The molecule has 0 saturated carbocycles. The van der Waals surface area contributed by atoms with E-state index >= 15 is 0 Å². The van der Waals surface area contributed by atoms with Gasteiger partial charge in [-0.25, -0.2) is 9.48 Å². The molecule has 18 heavy (non-hydrogen) atoms. The van der Waals surface area contributed by atoms with Gasteiger partial charge in [0.15, 0.2) is 5.54 Å². The van der Waals surface area contributed by atoms with Crippen molar-refractivity contribution in [3.63, 3.8) is 0 Å². The monoisotopic (exact) mass is 246 g/mol. The van der Waals surface area contributed by atoms with Gasteiger partial charge in [0.2, 0.25) is 0 Å². The van der Waals surface area contributed by atoms with Gasteiger partial charge in [0.25, 0.3) is 0 Å². The fraction of sp³-hybridized carbons (Fsp3) is 0.385. The molecule has 0 radical (unpaired) electrons. The van der Waals surface area contributed by atoms with E-state index in [1.165, 1.54) is 0 Å². The first-order valence-electron chi connectivity index (χ1n) is 5.98. The van der Waals surface area contributed by atoms with E-state index in [0.717, 1.165) is 10.9 Å². The Bertz CT molecular complexity index is 585. The highest BCUT2D eigenvalue weighted by Gasteiger charge is 2.43. The number of para-hydroxylation sites is 1. The second-order valence-electron chi connectivity index (χ2n) is 4.56. The minimum atomic E-state index is -0.971. The summed E-state index contributed by atoms with van der Waals surface area (Å²) < 4.78 is 6.93. The second kappa shape index (κ2) is 4.10. The SMILES string of the molecule is O=C(O)C1(n2ncc3ccccc32)CCOCC1. The summed E-state index contributed by atoms with van der Waals surface area (Å²) in [7, 11) is 0. The summed E-state index contributed by atoms with van der Waals surface area (Å²) in [4.78, 5) is 11.7. The lowest BCUT2D eigenvalue weighted by Gasteiger charge is -2.33. The minimum absolute atomic E-state index is 0.452. The molecule has 1 aromatic heterocycles. The molecule has 0 aliphatic carbocycles. The van der Waals surface area contributed by atoms with Crippen molar-refractivity contribution in [3.05, 3.63) is 30.5 Å². The summed E-state index contributed by atoms with van der Waals surface area (Å²) in [6.07, 6.45) is 2.62. The third-order valence-corrected chi connectivity index (χ3v) is 3.60. The van der Waals surface area contributed by atoms with E-state index in [0.29, 0.717) is 26.1 Å². The normalized spacial score (nSPS) is 18.9. The number of carbonyl (C=O) groups is 1. The summed E-state index contributed by atoms with van der Waals surface area (Å²) in [5.41, 5.74) is -0.108. The third-order valence-electron chi connectivity index (χ3n) is 3.60. The van der Waals surface area contributed by atoms with Crippen LogP contribution in [0.2, 0.25) is 0 Å². The molecule has 1 aliphatic heterocycles. The lowest BCUT2D eigenvalue weighted by molar-refractivity contribution is -0.153. The number of fused-ring (bicyclic) bond motifs is 1. The highest BCUT2D eigenvalue weighted by atomic mass is 16.5. The maximum absolute atomic E-state index is 11.7. The van der Waals surface area contributed by atoms with Gasteiger partial charge in [-0.2, -0.15) is 5.10 Å². The van der Waals surface area contributed by atoms with Crippen molar-refractivity contribution in [1.29, 1.82) is 0 Å². The van der Waals surface area contributed by atoms with E-state index in [4.69, 9.17) is 4.74 Å². The number of rotatable bonds is 2. The number of carboxylic acid groups (broad SMARTS) is 1. The van der Waals surface area contributed by atoms with E-state index in [9.17, 15) is 9.90 Å². The van der Waals surface area contributed by atoms with Crippen LogP contribution in [-0.2, 0) is 15.1 Å². The van der Waals surface area contributed by atoms with Crippen LogP contribution in [0.15, 0.2) is 30.5 Å². The molecule has 1 saturated heterocycles. The molecule has 0 bridgehead atoms. The molecule has 5 nitrogen and oxygen atoms in total. The Kier molecular flexibility index (Phi) is 2.56. The van der Waals surface area contributed by atoms with Crippen LogP contribution >= 0.6 is 0 Å². The van der Waals surface area contributed by atoms with E-state index < -0.39 is 11.5 Å². The largest absolute Gasteiger partial charge is 0.479 e. The standard InChI is InChI=1S/C13H14N2O3/c16-12(17)13(5-7-18-8-6-13)15-11-4-2-1-3-10(11)9-14-15/h1-4,9H,5-8H2,(H,16,17). The van der Waals surface area contributed by atoms with Gasteiger partial charge < -0.3 is 9.84 Å². The zero-order valence-corrected chi connectivity index (χ0v) is 9.87. The molecule has 1 fully saturated rings.